The highest BCUT2D eigenvalue weighted by atomic mass is 35.5. The molecule has 1 N–H and O–H groups in total. The smallest absolute Gasteiger partial charge is 0.191 e. The lowest BCUT2D eigenvalue weighted by Gasteiger charge is -2.36. The molecule has 1 aliphatic carbocycles. The fourth-order valence-corrected chi connectivity index (χ4v) is 3.73. The number of nitrogens with zero attached hydrogens (tertiary/aromatic N) is 1. The summed E-state index contributed by atoms with van der Waals surface area (Å²) in [4.78, 5) is 12.7. The summed E-state index contributed by atoms with van der Waals surface area (Å²) in [5, 5.41) is 15.7. The molecule has 0 saturated carbocycles. The third-order valence-corrected chi connectivity index (χ3v) is 4.82. The molecule has 0 amide bonds. The Kier molecular flexibility index (Phi) is 3.91. The largest absolute Gasteiger partial charge is 0.378 e. The Labute approximate surface area is 150 Å². The third-order valence-electron chi connectivity index (χ3n) is 4.19. The number of hydrogen-bond acceptors (Lipinski definition) is 4. The zero-order valence-electron chi connectivity index (χ0n) is 13.8. The van der Waals surface area contributed by atoms with E-state index in [0.29, 0.717) is 21.2 Å². The average Bonchev–Trinajstić information content (AvgIpc) is 2.88. The molecule has 0 aliphatic heterocycles. The minimum atomic E-state index is -1.44. The fraction of sp³-hybridized carbons (Fsp3) is 0.333. The summed E-state index contributed by atoms with van der Waals surface area (Å²) in [5.74, 6) is -0.167. The van der Waals surface area contributed by atoms with E-state index in [2.05, 4.69) is 5.16 Å². The van der Waals surface area contributed by atoms with E-state index >= 15 is 0 Å². The van der Waals surface area contributed by atoms with Crippen LogP contribution in [0, 0.1) is 5.41 Å². The van der Waals surface area contributed by atoms with Crippen LogP contribution >= 0.6 is 23.2 Å². The first-order chi connectivity index (χ1) is 11.0. The van der Waals surface area contributed by atoms with Gasteiger partial charge in [0.25, 0.3) is 0 Å². The Bertz CT molecular complexity index is 853. The van der Waals surface area contributed by atoms with Gasteiger partial charge in [-0.3, -0.25) is 4.79 Å². The second-order valence-corrected chi connectivity index (χ2v) is 7.89. The predicted molar refractivity (Wildman–Crippen MR) is 93.4 cm³/mol. The van der Waals surface area contributed by atoms with Crippen molar-refractivity contribution in [2.75, 3.05) is 0 Å². The van der Waals surface area contributed by atoms with Crippen molar-refractivity contribution in [2.24, 2.45) is 5.41 Å². The Morgan fingerprint density at radius 2 is 1.75 bits per heavy atom. The van der Waals surface area contributed by atoms with Gasteiger partial charge in [0.1, 0.15) is 11.3 Å². The van der Waals surface area contributed by atoms with Crippen LogP contribution in [0.2, 0.25) is 10.0 Å². The first-order valence-corrected chi connectivity index (χ1v) is 8.24. The summed E-state index contributed by atoms with van der Waals surface area (Å²) in [7, 11) is 0. The van der Waals surface area contributed by atoms with E-state index < -0.39 is 11.0 Å². The highest BCUT2D eigenvalue weighted by Gasteiger charge is 2.46. The molecule has 1 unspecified atom stereocenters. The molecule has 3 rings (SSSR count). The van der Waals surface area contributed by atoms with Crippen molar-refractivity contribution in [1.29, 1.82) is 0 Å². The molecule has 4 nitrogen and oxygen atoms in total. The molecular formula is C18H17Cl2NO3. The van der Waals surface area contributed by atoms with E-state index in [9.17, 15) is 9.90 Å². The summed E-state index contributed by atoms with van der Waals surface area (Å²) in [6.07, 6.45) is 1.45. The Morgan fingerprint density at radius 1 is 1.17 bits per heavy atom. The highest BCUT2D eigenvalue weighted by molar-refractivity contribution is 6.39. The van der Waals surface area contributed by atoms with E-state index in [1.165, 1.54) is 6.08 Å². The normalized spacial score (nSPS) is 20.8. The number of allylic oxidation sites excluding steroid dienone is 1. The number of ketones is 1. The van der Waals surface area contributed by atoms with Crippen LogP contribution in [0.5, 0.6) is 0 Å². The first kappa shape index (κ1) is 17.2. The molecule has 0 fully saturated rings. The lowest BCUT2D eigenvalue weighted by atomic mass is 9.71. The molecular weight excluding hydrogens is 349 g/mol. The quantitative estimate of drug-likeness (QED) is 0.769. The van der Waals surface area contributed by atoms with E-state index in [0.717, 1.165) is 0 Å². The Balaban J connectivity index is 2.27. The van der Waals surface area contributed by atoms with Crippen molar-refractivity contribution in [1.82, 2.24) is 5.16 Å². The fourth-order valence-electron chi connectivity index (χ4n) is 3.16. The van der Waals surface area contributed by atoms with Crippen LogP contribution in [-0.2, 0) is 5.60 Å². The molecule has 1 heterocycles. The number of halogens is 2. The van der Waals surface area contributed by atoms with E-state index in [1.54, 1.807) is 25.1 Å². The van der Waals surface area contributed by atoms with Crippen molar-refractivity contribution < 1.29 is 14.4 Å². The van der Waals surface area contributed by atoms with Crippen LogP contribution in [0.3, 0.4) is 0 Å². The van der Waals surface area contributed by atoms with Crippen LogP contribution < -0.4 is 0 Å². The van der Waals surface area contributed by atoms with Gasteiger partial charge in [-0.15, -0.1) is 0 Å². The van der Waals surface area contributed by atoms with Gasteiger partial charge in [0.05, 0.1) is 15.6 Å². The number of hydrogen-bond donors (Lipinski definition) is 1. The van der Waals surface area contributed by atoms with Crippen molar-refractivity contribution in [2.45, 2.75) is 33.3 Å². The molecule has 24 heavy (non-hydrogen) atoms. The van der Waals surface area contributed by atoms with Gasteiger partial charge >= 0.3 is 0 Å². The number of benzene rings is 1. The summed E-state index contributed by atoms with van der Waals surface area (Å²) in [5.41, 5.74) is -0.423. The predicted octanol–water partition coefficient (Wildman–Crippen LogP) is 5.02. The van der Waals surface area contributed by atoms with Gasteiger partial charge in [-0.2, -0.15) is 0 Å². The van der Waals surface area contributed by atoms with Crippen molar-refractivity contribution >= 4 is 29.0 Å². The molecule has 1 atom stereocenters. The molecule has 0 spiro atoms. The van der Waals surface area contributed by atoms with Crippen LogP contribution in [-0.4, -0.2) is 16.0 Å². The zero-order valence-corrected chi connectivity index (χ0v) is 15.3. The number of carbonyl (C=O) groups is 1. The van der Waals surface area contributed by atoms with Crippen LogP contribution in [0.25, 0.3) is 11.3 Å². The van der Waals surface area contributed by atoms with Crippen molar-refractivity contribution in [3.05, 3.63) is 51.2 Å². The molecule has 2 aromatic rings. The lowest BCUT2D eigenvalue weighted by Crippen LogP contribution is -2.36. The van der Waals surface area contributed by atoms with Crippen LogP contribution in [0.4, 0.5) is 0 Å². The van der Waals surface area contributed by atoms with E-state index in [1.807, 2.05) is 20.8 Å². The van der Waals surface area contributed by atoms with Crippen LogP contribution in [0.1, 0.15) is 43.8 Å². The van der Waals surface area contributed by atoms with E-state index in [-0.39, 0.29) is 22.8 Å². The summed E-state index contributed by atoms with van der Waals surface area (Å²) in [6.45, 7) is 7.37. The number of aromatic nitrogens is 1. The molecule has 1 aromatic carbocycles. The van der Waals surface area contributed by atoms with Crippen molar-refractivity contribution in [3.8, 4) is 11.3 Å². The molecule has 0 bridgehead atoms. The zero-order chi connectivity index (χ0) is 17.9. The summed E-state index contributed by atoms with van der Waals surface area (Å²) < 4.78 is 5.38. The minimum Gasteiger partial charge on any atom is -0.378 e. The maximum atomic E-state index is 12.7. The molecule has 0 saturated heterocycles. The lowest BCUT2D eigenvalue weighted by molar-refractivity contribution is 0.0426. The van der Waals surface area contributed by atoms with Gasteiger partial charge in [0.15, 0.2) is 11.5 Å². The Morgan fingerprint density at radius 3 is 2.29 bits per heavy atom. The second-order valence-electron chi connectivity index (χ2n) is 7.08. The SMILES string of the molecule is CC(C)(C)C1=CC(=O)c2c(-c3c(Cl)cccc3Cl)noc2C1(C)O. The minimum absolute atomic E-state index is 0.117. The average molecular weight is 366 g/mol. The molecule has 126 valence electrons. The number of rotatable bonds is 1. The first-order valence-electron chi connectivity index (χ1n) is 7.49. The molecule has 6 heteroatoms. The maximum absolute atomic E-state index is 12.7. The third kappa shape index (κ3) is 2.50. The monoisotopic (exact) mass is 365 g/mol. The van der Waals surface area contributed by atoms with Gasteiger partial charge in [0, 0.05) is 5.56 Å². The van der Waals surface area contributed by atoms with Crippen LogP contribution in [0.15, 0.2) is 34.4 Å². The van der Waals surface area contributed by atoms with Gasteiger partial charge in [0.2, 0.25) is 0 Å². The molecule has 1 aromatic heterocycles. The maximum Gasteiger partial charge on any atom is 0.191 e. The number of aliphatic hydroxyl groups is 1. The number of fused-ring (bicyclic) bond motifs is 1. The van der Waals surface area contributed by atoms with E-state index in [4.69, 9.17) is 27.7 Å². The molecule has 0 radical (unpaired) electrons. The second kappa shape index (κ2) is 5.45. The van der Waals surface area contributed by atoms with Gasteiger partial charge in [-0.1, -0.05) is 55.2 Å². The Hall–Kier alpha value is -1.62. The number of carbonyl (C=O) groups excluding carboxylic acids is 1. The van der Waals surface area contributed by atoms with Gasteiger partial charge < -0.3 is 9.63 Å². The molecule has 1 aliphatic rings. The summed E-state index contributed by atoms with van der Waals surface area (Å²) in [6, 6.07) is 5.02. The van der Waals surface area contributed by atoms with Gasteiger partial charge in [-0.05, 0) is 36.1 Å². The standard InChI is InChI=1S/C18H17Cl2NO3/c1-17(2,3)12-8-11(22)14-15(21-24-16(14)18(12,4)23)13-9(19)6-5-7-10(13)20/h5-8,23H,1-4H3. The summed E-state index contributed by atoms with van der Waals surface area (Å²) >= 11 is 12.5. The van der Waals surface area contributed by atoms with Gasteiger partial charge in [-0.25, -0.2) is 0 Å². The highest BCUT2D eigenvalue weighted by Crippen LogP contribution is 2.47. The van der Waals surface area contributed by atoms with Crippen molar-refractivity contribution in [3.63, 3.8) is 0 Å². The topological polar surface area (TPSA) is 63.3 Å².